The second kappa shape index (κ2) is 9.28. The van der Waals surface area contributed by atoms with Crippen LogP contribution in [0.15, 0.2) is 0 Å². The smallest absolute Gasteiger partial charge is 0.323 e. The van der Waals surface area contributed by atoms with Crippen molar-refractivity contribution in [3.63, 3.8) is 0 Å². The Morgan fingerprint density at radius 2 is 2.05 bits per heavy atom. The van der Waals surface area contributed by atoms with E-state index in [1.807, 2.05) is 6.92 Å². The number of hydrogen-bond donors (Lipinski definition) is 2. The van der Waals surface area contributed by atoms with Gasteiger partial charge in [-0.1, -0.05) is 13.8 Å². The maximum absolute atomic E-state index is 11.1. The molecule has 2 unspecified atom stereocenters. The molecule has 0 aliphatic carbocycles. The molecule has 0 heterocycles. The molecule has 3 N–H and O–H groups in total. The zero-order valence-corrected chi connectivity index (χ0v) is 12.8. The summed E-state index contributed by atoms with van der Waals surface area (Å²) in [5, 5.41) is 9.14. The summed E-state index contributed by atoms with van der Waals surface area (Å²) in [4.78, 5) is 13.5. The van der Waals surface area contributed by atoms with E-state index < -0.39 is 11.5 Å². The van der Waals surface area contributed by atoms with Crippen LogP contribution in [0.1, 0.15) is 46.5 Å². The largest absolute Gasteiger partial charge is 0.480 e. The van der Waals surface area contributed by atoms with E-state index in [1.54, 1.807) is 7.11 Å². The van der Waals surface area contributed by atoms with E-state index in [2.05, 4.69) is 18.7 Å². The number of carboxylic acid groups (broad SMARTS) is 1. The molecule has 19 heavy (non-hydrogen) atoms. The van der Waals surface area contributed by atoms with Crippen molar-refractivity contribution in [3.05, 3.63) is 0 Å². The molecule has 0 aliphatic heterocycles. The molecule has 114 valence electrons. The number of hydrogen-bond acceptors (Lipinski definition) is 4. The van der Waals surface area contributed by atoms with E-state index in [4.69, 9.17) is 15.6 Å². The highest BCUT2D eigenvalue weighted by Gasteiger charge is 2.31. The van der Waals surface area contributed by atoms with Crippen LogP contribution in [-0.2, 0) is 9.53 Å². The van der Waals surface area contributed by atoms with Crippen molar-refractivity contribution in [3.8, 4) is 0 Å². The molecule has 0 aromatic rings. The molecule has 0 saturated carbocycles. The van der Waals surface area contributed by atoms with E-state index in [-0.39, 0.29) is 0 Å². The Morgan fingerprint density at radius 1 is 1.42 bits per heavy atom. The van der Waals surface area contributed by atoms with Crippen LogP contribution in [0.3, 0.4) is 0 Å². The molecular weight excluding hydrogens is 244 g/mol. The first-order chi connectivity index (χ1) is 8.91. The van der Waals surface area contributed by atoms with Gasteiger partial charge in [-0.05, 0) is 39.2 Å². The van der Waals surface area contributed by atoms with E-state index in [0.29, 0.717) is 25.5 Å². The van der Waals surface area contributed by atoms with Crippen LogP contribution in [0.2, 0.25) is 0 Å². The molecule has 2 atom stereocenters. The van der Waals surface area contributed by atoms with Crippen LogP contribution < -0.4 is 5.73 Å². The van der Waals surface area contributed by atoms with Gasteiger partial charge in [0.25, 0.3) is 0 Å². The minimum atomic E-state index is -1.08. The Hall–Kier alpha value is -0.650. The molecule has 0 spiro atoms. The van der Waals surface area contributed by atoms with Gasteiger partial charge in [-0.25, -0.2) is 0 Å². The first kappa shape index (κ1) is 18.4. The Morgan fingerprint density at radius 3 is 2.47 bits per heavy atom. The topological polar surface area (TPSA) is 75.8 Å². The third kappa shape index (κ3) is 6.36. The van der Waals surface area contributed by atoms with Gasteiger partial charge in [-0.15, -0.1) is 0 Å². The maximum Gasteiger partial charge on any atom is 0.323 e. The van der Waals surface area contributed by atoms with Crippen molar-refractivity contribution >= 4 is 5.97 Å². The standard InChI is InChI=1S/C14H30N2O3/c1-5-12(3)16(10-11-19-4)9-7-8-14(15,6-2)13(17)18/h12H,5-11,15H2,1-4H3,(H,17,18). The maximum atomic E-state index is 11.1. The van der Waals surface area contributed by atoms with Crippen molar-refractivity contribution < 1.29 is 14.6 Å². The molecule has 0 aliphatic rings. The first-order valence-electron chi connectivity index (χ1n) is 7.16. The van der Waals surface area contributed by atoms with Crippen LogP contribution in [0.25, 0.3) is 0 Å². The zero-order valence-electron chi connectivity index (χ0n) is 12.8. The molecule has 0 amide bonds. The predicted molar refractivity (Wildman–Crippen MR) is 77.3 cm³/mol. The second-order valence-corrected chi connectivity index (χ2v) is 5.20. The van der Waals surface area contributed by atoms with Crippen LogP contribution in [0.4, 0.5) is 0 Å². The molecule has 0 rings (SSSR count). The summed E-state index contributed by atoms with van der Waals surface area (Å²) in [5.41, 5.74) is 4.81. The highest BCUT2D eigenvalue weighted by molar-refractivity contribution is 5.78. The Balaban J connectivity index is 4.27. The lowest BCUT2D eigenvalue weighted by molar-refractivity contribution is -0.143. The molecule has 0 radical (unpaired) electrons. The number of rotatable bonds is 11. The van der Waals surface area contributed by atoms with E-state index >= 15 is 0 Å². The first-order valence-corrected chi connectivity index (χ1v) is 7.16. The van der Waals surface area contributed by atoms with Crippen LogP contribution in [0, 0.1) is 0 Å². The van der Waals surface area contributed by atoms with Gasteiger partial charge < -0.3 is 15.6 Å². The van der Waals surface area contributed by atoms with Gasteiger partial charge in [-0.2, -0.15) is 0 Å². The second-order valence-electron chi connectivity index (χ2n) is 5.20. The number of carbonyl (C=O) groups is 1. The van der Waals surface area contributed by atoms with E-state index in [9.17, 15) is 4.79 Å². The van der Waals surface area contributed by atoms with Gasteiger partial charge in [0.1, 0.15) is 5.54 Å². The number of aliphatic carboxylic acids is 1. The van der Waals surface area contributed by atoms with Gasteiger partial charge in [-0.3, -0.25) is 9.69 Å². The van der Waals surface area contributed by atoms with Crippen LogP contribution >= 0.6 is 0 Å². The minimum absolute atomic E-state index is 0.462. The van der Waals surface area contributed by atoms with Crippen molar-refractivity contribution in [2.75, 3.05) is 26.8 Å². The lowest BCUT2D eigenvalue weighted by Crippen LogP contribution is -2.48. The predicted octanol–water partition coefficient (Wildman–Crippen LogP) is 1.71. The number of methoxy groups -OCH3 is 1. The lowest BCUT2D eigenvalue weighted by atomic mass is 9.91. The average Bonchev–Trinajstić information content (AvgIpc) is 2.41. The van der Waals surface area contributed by atoms with Crippen molar-refractivity contribution in [2.24, 2.45) is 5.73 Å². The zero-order chi connectivity index (χ0) is 14.9. The van der Waals surface area contributed by atoms with Gasteiger partial charge >= 0.3 is 5.97 Å². The highest BCUT2D eigenvalue weighted by atomic mass is 16.5. The summed E-state index contributed by atoms with van der Waals surface area (Å²) >= 11 is 0. The molecule has 0 saturated heterocycles. The summed E-state index contributed by atoms with van der Waals surface area (Å²) in [6.45, 7) is 8.60. The summed E-state index contributed by atoms with van der Waals surface area (Å²) in [5.74, 6) is -0.901. The fraction of sp³-hybridized carbons (Fsp3) is 0.929. The fourth-order valence-corrected chi connectivity index (χ4v) is 2.05. The van der Waals surface area contributed by atoms with E-state index in [1.165, 1.54) is 0 Å². The SMILES string of the molecule is CCC(C)N(CCCC(N)(CC)C(=O)O)CCOC. The average molecular weight is 274 g/mol. The summed E-state index contributed by atoms with van der Waals surface area (Å²) in [7, 11) is 1.70. The number of nitrogens with two attached hydrogens (primary N) is 1. The molecule has 0 fully saturated rings. The Kier molecular flexibility index (Phi) is 8.97. The monoisotopic (exact) mass is 274 g/mol. The summed E-state index contributed by atoms with van der Waals surface area (Å²) < 4.78 is 5.11. The van der Waals surface area contributed by atoms with Crippen LogP contribution in [-0.4, -0.2) is 54.4 Å². The summed E-state index contributed by atoms with van der Waals surface area (Å²) in [6, 6.07) is 0.480. The van der Waals surface area contributed by atoms with E-state index in [0.717, 1.165) is 25.9 Å². The van der Waals surface area contributed by atoms with Crippen molar-refractivity contribution in [2.45, 2.75) is 58.0 Å². The number of ether oxygens (including phenoxy) is 1. The van der Waals surface area contributed by atoms with Crippen molar-refractivity contribution in [1.82, 2.24) is 4.90 Å². The molecule has 5 heteroatoms. The van der Waals surface area contributed by atoms with Crippen molar-refractivity contribution in [1.29, 1.82) is 0 Å². The minimum Gasteiger partial charge on any atom is -0.480 e. The quantitative estimate of drug-likeness (QED) is 0.600. The van der Waals surface area contributed by atoms with Crippen LogP contribution in [0.5, 0.6) is 0 Å². The third-order valence-corrected chi connectivity index (χ3v) is 3.92. The third-order valence-electron chi connectivity index (χ3n) is 3.92. The van der Waals surface area contributed by atoms with Gasteiger partial charge in [0.2, 0.25) is 0 Å². The van der Waals surface area contributed by atoms with Gasteiger partial charge in [0.15, 0.2) is 0 Å². The normalized spacial score (nSPS) is 16.3. The highest BCUT2D eigenvalue weighted by Crippen LogP contribution is 2.16. The Bertz CT molecular complexity index is 261. The number of nitrogens with zero attached hydrogens (tertiary/aromatic N) is 1. The number of carboxylic acids is 1. The Labute approximate surface area is 117 Å². The molecular formula is C14H30N2O3. The fourth-order valence-electron chi connectivity index (χ4n) is 2.05. The lowest BCUT2D eigenvalue weighted by Gasteiger charge is -2.30. The molecule has 0 bridgehead atoms. The summed E-state index contributed by atoms with van der Waals surface area (Å²) in [6.07, 6.45) is 2.84. The van der Waals surface area contributed by atoms with Gasteiger partial charge in [0, 0.05) is 19.7 Å². The van der Waals surface area contributed by atoms with Gasteiger partial charge in [0.05, 0.1) is 6.61 Å². The molecule has 5 nitrogen and oxygen atoms in total. The molecule has 0 aromatic carbocycles. The molecule has 0 aromatic heterocycles.